The van der Waals surface area contributed by atoms with E-state index in [1.165, 1.54) is 109 Å². The highest BCUT2D eigenvalue weighted by Crippen LogP contribution is 2.12. The van der Waals surface area contributed by atoms with E-state index in [-0.39, 0.29) is 5.97 Å². The molecule has 0 fully saturated rings. The van der Waals surface area contributed by atoms with Crippen molar-refractivity contribution in [2.45, 2.75) is 156 Å². The molecule has 0 aliphatic rings. The van der Waals surface area contributed by atoms with Crippen LogP contribution in [0, 0.1) is 5.92 Å². The molecule has 2 heteroatoms. The predicted molar refractivity (Wildman–Crippen MR) is 138 cm³/mol. The number of ether oxygens (including phenoxy) is 1. The lowest BCUT2D eigenvalue weighted by atomic mass is 10.0. The minimum absolute atomic E-state index is 0.00885. The van der Waals surface area contributed by atoms with Crippen LogP contribution < -0.4 is 0 Å². The van der Waals surface area contributed by atoms with Crippen molar-refractivity contribution in [1.29, 1.82) is 0 Å². The summed E-state index contributed by atoms with van der Waals surface area (Å²) >= 11 is 0. The highest BCUT2D eigenvalue weighted by Gasteiger charge is 2.02. The normalized spacial score (nSPS) is 11.6. The SMILES string of the molecule is CCCCCCCC/C=C\CCCCCCCC(=O)OCCCCCCCCC(C)C. The minimum Gasteiger partial charge on any atom is -0.466 e. The molecule has 2 nitrogen and oxygen atoms in total. The first kappa shape index (κ1) is 30.2. The largest absolute Gasteiger partial charge is 0.466 e. The third kappa shape index (κ3) is 27.2. The molecule has 0 aromatic carbocycles. The zero-order valence-corrected chi connectivity index (χ0v) is 21.6. The number of hydrogen-bond donors (Lipinski definition) is 0. The van der Waals surface area contributed by atoms with E-state index in [9.17, 15) is 4.79 Å². The Balaban J connectivity index is 3.21. The van der Waals surface area contributed by atoms with E-state index < -0.39 is 0 Å². The highest BCUT2D eigenvalue weighted by molar-refractivity contribution is 5.69. The quantitative estimate of drug-likeness (QED) is 0.0854. The van der Waals surface area contributed by atoms with Gasteiger partial charge < -0.3 is 4.74 Å². The Kier molecular flexibility index (Phi) is 24.8. The van der Waals surface area contributed by atoms with Crippen molar-refractivity contribution < 1.29 is 9.53 Å². The van der Waals surface area contributed by atoms with Gasteiger partial charge in [-0.15, -0.1) is 0 Å². The zero-order valence-electron chi connectivity index (χ0n) is 21.6. The van der Waals surface area contributed by atoms with E-state index in [1.54, 1.807) is 0 Å². The lowest BCUT2D eigenvalue weighted by Crippen LogP contribution is -2.05. The van der Waals surface area contributed by atoms with Gasteiger partial charge in [-0.05, 0) is 44.4 Å². The maximum absolute atomic E-state index is 11.8. The number of rotatable bonds is 24. The molecule has 0 rings (SSSR count). The monoisotopic (exact) mass is 436 g/mol. The van der Waals surface area contributed by atoms with Crippen molar-refractivity contribution in [1.82, 2.24) is 0 Å². The molecule has 0 spiro atoms. The van der Waals surface area contributed by atoms with E-state index in [1.807, 2.05) is 0 Å². The van der Waals surface area contributed by atoms with Crippen LogP contribution in [0.15, 0.2) is 12.2 Å². The first-order valence-corrected chi connectivity index (χ1v) is 14.0. The topological polar surface area (TPSA) is 26.3 Å². The van der Waals surface area contributed by atoms with Crippen molar-refractivity contribution in [2.75, 3.05) is 6.61 Å². The summed E-state index contributed by atoms with van der Waals surface area (Å²) in [5, 5.41) is 0. The van der Waals surface area contributed by atoms with Crippen LogP contribution in [0.2, 0.25) is 0 Å². The second kappa shape index (κ2) is 25.5. The summed E-state index contributed by atoms with van der Waals surface area (Å²) in [4.78, 5) is 11.8. The number of carbonyl (C=O) groups excluding carboxylic acids is 1. The maximum atomic E-state index is 11.8. The average Bonchev–Trinajstić information content (AvgIpc) is 2.75. The molecule has 0 aliphatic carbocycles. The van der Waals surface area contributed by atoms with Gasteiger partial charge in [0.1, 0.15) is 0 Å². The van der Waals surface area contributed by atoms with Gasteiger partial charge in [-0.25, -0.2) is 0 Å². The Morgan fingerprint density at radius 1 is 0.645 bits per heavy atom. The minimum atomic E-state index is 0.00885. The van der Waals surface area contributed by atoms with Gasteiger partial charge in [0.05, 0.1) is 6.61 Å². The van der Waals surface area contributed by atoms with Gasteiger partial charge >= 0.3 is 5.97 Å². The van der Waals surface area contributed by atoms with E-state index in [4.69, 9.17) is 4.74 Å². The molecule has 0 saturated heterocycles. The third-order valence-electron chi connectivity index (χ3n) is 6.08. The van der Waals surface area contributed by atoms with E-state index in [0.717, 1.165) is 25.2 Å². The fourth-order valence-corrected chi connectivity index (χ4v) is 3.96. The molecule has 0 saturated carbocycles. The lowest BCUT2D eigenvalue weighted by molar-refractivity contribution is -0.143. The van der Waals surface area contributed by atoms with Crippen molar-refractivity contribution in [2.24, 2.45) is 5.92 Å². The molecule has 184 valence electrons. The molecular weight excluding hydrogens is 380 g/mol. The van der Waals surface area contributed by atoms with Gasteiger partial charge in [-0.2, -0.15) is 0 Å². The third-order valence-corrected chi connectivity index (χ3v) is 6.08. The van der Waals surface area contributed by atoms with Gasteiger partial charge in [0.15, 0.2) is 0 Å². The van der Waals surface area contributed by atoms with E-state index in [0.29, 0.717) is 13.0 Å². The molecule has 0 N–H and O–H groups in total. The Morgan fingerprint density at radius 3 is 1.71 bits per heavy atom. The molecule has 0 bridgehead atoms. The van der Waals surface area contributed by atoms with Gasteiger partial charge in [0, 0.05) is 6.42 Å². The van der Waals surface area contributed by atoms with Gasteiger partial charge in [0.2, 0.25) is 0 Å². The van der Waals surface area contributed by atoms with E-state index >= 15 is 0 Å². The molecule has 0 radical (unpaired) electrons. The van der Waals surface area contributed by atoms with Crippen LogP contribution in [0.1, 0.15) is 156 Å². The summed E-state index contributed by atoms with van der Waals surface area (Å²) in [7, 11) is 0. The van der Waals surface area contributed by atoms with Crippen LogP contribution in [-0.4, -0.2) is 12.6 Å². The maximum Gasteiger partial charge on any atom is 0.305 e. The fraction of sp³-hybridized carbons (Fsp3) is 0.897. The highest BCUT2D eigenvalue weighted by atomic mass is 16.5. The van der Waals surface area contributed by atoms with Crippen LogP contribution in [0.5, 0.6) is 0 Å². The van der Waals surface area contributed by atoms with Crippen molar-refractivity contribution in [3.8, 4) is 0 Å². The molecule has 0 aromatic heterocycles. The summed E-state index contributed by atoms with van der Waals surface area (Å²) in [5.41, 5.74) is 0. The molecule has 0 aliphatic heterocycles. The van der Waals surface area contributed by atoms with Crippen LogP contribution in [0.4, 0.5) is 0 Å². The average molecular weight is 437 g/mol. The summed E-state index contributed by atoms with van der Waals surface area (Å²) in [5.74, 6) is 0.843. The number of allylic oxidation sites excluding steroid dienone is 2. The van der Waals surface area contributed by atoms with Gasteiger partial charge in [0.25, 0.3) is 0 Å². The van der Waals surface area contributed by atoms with E-state index in [2.05, 4.69) is 32.9 Å². The van der Waals surface area contributed by atoms with Crippen LogP contribution in [0.3, 0.4) is 0 Å². The molecule has 0 heterocycles. The van der Waals surface area contributed by atoms with Gasteiger partial charge in [-0.3, -0.25) is 4.79 Å². The smallest absolute Gasteiger partial charge is 0.305 e. The van der Waals surface area contributed by atoms with Crippen molar-refractivity contribution >= 4 is 5.97 Å². The molecule has 0 atom stereocenters. The second-order valence-electron chi connectivity index (χ2n) is 9.86. The molecule has 0 unspecified atom stereocenters. The molecule has 0 amide bonds. The Hall–Kier alpha value is -0.790. The Bertz CT molecular complexity index is 386. The molecule has 0 aromatic rings. The Morgan fingerprint density at radius 2 is 1.13 bits per heavy atom. The predicted octanol–water partition coefficient (Wildman–Crippen LogP) is 9.95. The number of hydrogen-bond acceptors (Lipinski definition) is 2. The number of carbonyl (C=O) groups is 1. The number of esters is 1. The first-order valence-electron chi connectivity index (χ1n) is 14.0. The van der Waals surface area contributed by atoms with Crippen LogP contribution in [0.25, 0.3) is 0 Å². The summed E-state index contributed by atoms with van der Waals surface area (Å²) < 4.78 is 5.37. The Labute approximate surface area is 196 Å². The summed E-state index contributed by atoms with van der Waals surface area (Å²) in [6.45, 7) is 7.49. The van der Waals surface area contributed by atoms with Crippen LogP contribution >= 0.6 is 0 Å². The molecular formula is C29H56O2. The van der Waals surface area contributed by atoms with Crippen molar-refractivity contribution in [3.63, 3.8) is 0 Å². The summed E-state index contributed by atoms with van der Waals surface area (Å²) in [6.07, 6.45) is 31.0. The van der Waals surface area contributed by atoms with Crippen LogP contribution in [-0.2, 0) is 9.53 Å². The fourth-order valence-electron chi connectivity index (χ4n) is 3.96. The lowest BCUT2D eigenvalue weighted by Gasteiger charge is -2.06. The first-order chi connectivity index (χ1) is 15.2. The van der Waals surface area contributed by atoms with Crippen molar-refractivity contribution in [3.05, 3.63) is 12.2 Å². The molecule has 31 heavy (non-hydrogen) atoms. The standard InChI is InChI=1S/C29H56O2/c1-4-5-6-7-8-9-10-11-12-13-14-15-16-20-23-26-29(30)31-27-24-21-18-17-19-22-25-28(2)3/h11-12,28H,4-10,13-27H2,1-3H3/b12-11-. The number of unbranched alkanes of at least 4 members (excludes halogenated alkanes) is 16. The van der Waals surface area contributed by atoms with Gasteiger partial charge in [-0.1, -0.05) is 123 Å². The summed E-state index contributed by atoms with van der Waals surface area (Å²) in [6, 6.07) is 0. The second-order valence-corrected chi connectivity index (χ2v) is 9.86. The zero-order chi connectivity index (χ0) is 22.8.